The van der Waals surface area contributed by atoms with Crippen LogP contribution in [0.4, 0.5) is 11.5 Å². The molecule has 1 amide bonds. The van der Waals surface area contributed by atoms with Gasteiger partial charge in [-0.05, 0) is 24.3 Å². The van der Waals surface area contributed by atoms with Gasteiger partial charge in [0.05, 0.1) is 5.56 Å². The molecule has 17 heavy (non-hydrogen) atoms. The molecule has 4 N–H and O–H groups in total. The molecule has 1 aromatic heterocycles. The van der Waals surface area contributed by atoms with Crippen LogP contribution in [0.25, 0.3) is 0 Å². The third kappa shape index (κ3) is 2.52. The van der Waals surface area contributed by atoms with E-state index in [-0.39, 0.29) is 17.5 Å². The standard InChI is InChI=1S/C12H11N3O2/c13-11-10(5-2-6-14-11)12(17)15-8-3-1-4-9(16)7-8/h1-7,16H,(H2,13,14)(H,15,17). The molecule has 2 aromatic rings. The quantitative estimate of drug-likeness (QED) is 0.730. The predicted molar refractivity (Wildman–Crippen MR) is 64.7 cm³/mol. The molecule has 0 saturated carbocycles. The highest BCUT2D eigenvalue weighted by molar-refractivity contribution is 6.07. The summed E-state index contributed by atoms with van der Waals surface area (Å²) in [5.41, 5.74) is 6.38. The minimum Gasteiger partial charge on any atom is -0.508 e. The normalized spacial score (nSPS) is 9.88. The van der Waals surface area contributed by atoms with Crippen molar-refractivity contribution >= 4 is 17.4 Å². The maximum Gasteiger partial charge on any atom is 0.259 e. The highest BCUT2D eigenvalue weighted by Gasteiger charge is 2.10. The molecule has 0 spiro atoms. The van der Waals surface area contributed by atoms with Gasteiger partial charge in [-0.25, -0.2) is 4.98 Å². The van der Waals surface area contributed by atoms with Gasteiger partial charge < -0.3 is 16.2 Å². The number of nitrogen functional groups attached to an aromatic ring is 1. The van der Waals surface area contributed by atoms with Crippen LogP contribution in [0.1, 0.15) is 10.4 Å². The molecule has 1 aromatic carbocycles. The molecule has 0 aliphatic rings. The zero-order chi connectivity index (χ0) is 12.3. The predicted octanol–water partition coefficient (Wildman–Crippen LogP) is 1.62. The van der Waals surface area contributed by atoms with Crippen molar-refractivity contribution < 1.29 is 9.90 Å². The lowest BCUT2D eigenvalue weighted by Crippen LogP contribution is -2.14. The number of hydrogen-bond acceptors (Lipinski definition) is 4. The lowest BCUT2D eigenvalue weighted by atomic mass is 10.2. The van der Waals surface area contributed by atoms with Gasteiger partial charge in [-0.15, -0.1) is 0 Å². The number of nitrogens with zero attached hydrogens (tertiary/aromatic N) is 1. The van der Waals surface area contributed by atoms with E-state index in [4.69, 9.17) is 5.73 Å². The van der Waals surface area contributed by atoms with E-state index in [1.165, 1.54) is 18.3 Å². The molecule has 1 heterocycles. The number of hydrogen-bond donors (Lipinski definition) is 3. The second-order valence-corrected chi connectivity index (χ2v) is 3.44. The number of aromatic nitrogens is 1. The Bertz CT molecular complexity index is 555. The van der Waals surface area contributed by atoms with Crippen molar-refractivity contribution in [2.24, 2.45) is 0 Å². The van der Waals surface area contributed by atoms with E-state index in [1.54, 1.807) is 24.3 Å². The summed E-state index contributed by atoms with van der Waals surface area (Å²) in [4.78, 5) is 15.7. The van der Waals surface area contributed by atoms with E-state index in [0.29, 0.717) is 11.3 Å². The highest BCUT2D eigenvalue weighted by atomic mass is 16.3. The topological polar surface area (TPSA) is 88.2 Å². The zero-order valence-electron chi connectivity index (χ0n) is 8.92. The molecule has 0 fully saturated rings. The van der Waals surface area contributed by atoms with E-state index >= 15 is 0 Å². The number of anilines is 2. The van der Waals surface area contributed by atoms with Crippen LogP contribution >= 0.6 is 0 Å². The van der Waals surface area contributed by atoms with Gasteiger partial charge in [0.25, 0.3) is 5.91 Å². The van der Waals surface area contributed by atoms with Crippen LogP contribution in [0.2, 0.25) is 0 Å². The Morgan fingerprint density at radius 2 is 2.12 bits per heavy atom. The van der Waals surface area contributed by atoms with E-state index in [1.807, 2.05) is 0 Å². The zero-order valence-corrected chi connectivity index (χ0v) is 8.92. The van der Waals surface area contributed by atoms with Gasteiger partial charge in [-0.3, -0.25) is 4.79 Å². The summed E-state index contributed by atoms with van der Waals surface area (Å²) in [6, 6.07) is 9.49. The van der Waals surface area contributed by atoms with Crippen LogP contribution < -0.4 is 11.1 Å². The van der Waals surface area contributed by atoms with Crippen LogP contribution in [0.5, 0.6) is 5.75 Å². The Hall–Kier alpha value is -2.56. The third-order valence-electron chi connectivity index (χ3n) is 2.19. The maximum absolute atomic E-state index is 11.8. The van der Waals surface area contributed by atoms with E-state index in [2.05, 4.69) is 10.3 Å². The first kappa shape index (κ1) is 10.9. The van der Waals surface area contributed by atoms with Gasteiger partial charge in [0.1, 0.15) is 11.6 Å². The number of nitrogens with one attached hydrogen (secondary N) is 1. The summed E-state index contributed by atoms with van der Waals surface area (Å²) in [5, 5.41) is 11.9. The molecule has 0 aliphatic carbocycles. The molecule has 5 heteroatoms. The number of amides is 1. The smallest absolute Gasteiger partial charge is 0.259 e. The molecule has 5 nitrogen and oxygen atoms in total. The fourth-order valence-electron chi connectivity index (χ4n) is 1.39. The van der Waals surface area contributed by atoms with Crippen LogP contribution in [-0.2, 0) is 0 Å². The molecule has 0 bridgehead atoms. The number of carbonyl (C=O) groups excluding carboxylic acids is 1. The number of phenolic OH excluding ortho intramolecular Hbond substituents is 1. The van der Waals surface area contributed by atoms with E-state index in [0.717, 1.165) is 0 Å². The number of pyridine rings is 1. The molecule has 86 valence electrons. The van der Waals surface area contributed by atoms with Crippen molar-refractivity contribution in [1.29, 1.82) is 0 Å². The number of rotatable bonds is 2. The lowest BCUT2D eigenvalue weighted by Gasteiger charge is -2.06. The van der Waals surface area contributed by atoms with E-state index in [9.17, 15) is 9.90 Å². The second-order valence-electron chi connectivity index (χ2n) is 3.44. The number of phenols is 1. The van der Waals surface area contributed by atoms with Crippen LogP contribution in [0, 0.1) is 0 Å². The Morgan fingerprint density at radius 3 is 2.82 bits per heavy atom. The van der Waals surface area contributed by atoms with Crippen molar-refractivity contribution in [3.8, 4) is 5.75 Å². The number of aromatic hydroxyl groups is 1. The molecule has 0 aliphatic heterocycles. The summed E-state index contributed by atoms with van der Waals surface area (Å²) in [6.07, 6.45) is 1.51. The Kier molecular flexibility index (Phi) is 2.91. The first-order chi connectivity index (χ1) is 8.16. The Labute approximate surface area is 97.9 Å². The molecule has 2 rings (SSSR count). The van der Waals surface area contributed by atoms with Crippen molar-refractivity contribution in [1.82, 2.24) is 4.98 Å². The van der Waals surface area contributed by atoms with Crippen molar-refractivity contribution in [2.45, 2.75) is 0 Å². The summed E-state index contributed by atoms with van der Waals surface area (Å²) in [6.45, 7) is 0. The fourth-order valence-corrected chi connectivity index (χ4v) is 1.39. The molecular weight excluding hydrogens is 218 g/mol. The van der Waals surface area contributed by atoms with Gasteiger partial charge in [0.2, 0.25) is 0 Å². The third-order valence-corrected chi connectivity index (χ3v) is 2.19. The number of nitrogens with two attached hydrogens (primary N) is 1. The molecule has 0 radical (unpaired) electrons. The summed E-state index contributed by atoms with van der Waals surface area (Å²) in [5.74, 6) is -0.103. The van der Waals surface area contributed by atoms with Crippen LogP contribution in [0.15, 0.2) is 42.6 Å². The summed E-state index contributed by atoms with van der Waals surface area (Å²) < 4.78 is 0. The van der Waals surface area contributed by atoms with Crippen LogP contribution in [-0.4, -0.2) is 16.0 Å². The van der Waals surface area contributed by atoms with Crippen molar-refractivity contribution in [2.75, 3.05) is 11.1 Å². The van der Waals surface area contributed by atoms with Gasteiger partial charge in [-0.2, -0.15) is 0 Å². The van der Waals surface area contributed by atoms with Crippen molar-refractivity contribution in [3.05, 3.63) is 48.2 Å². The second kappa shape index (κ2) is 4.52. The molecule has 0 atom stereocenters. The Balaban J connectivity index is 2.20. The van der Waals surface area contributed by atoms with Gasteiger partial charge in [0, 0.05) is 18.0 Å². The molecule has 0 saturated heterocycles. The fraction of sp³-hybridized carbons (Fsp3) is 0. The van der Waals surface area contributed by atoms with Gasteiger partial charge >= 0.3 is 0 Å². The number of carbonyl (C=O) groups is 1. The average Bonchev–Trinajstić information content (AvgIpc) is 2.29. The van der Waals surface area contributed by atoms with E-state index < -0.39 is 0 Å². The van der Waals surface area contributed by atoms with Crippen LogP contribution in [0.3, 0.4) is 0 Å². The minimum absolute atomic E-state index is 0.0851. The Morgan fingerprint density at radius 1 is 1.29 bits per heavy atom. The molecule has 0 unspecified atom stereocenters. The number of benzene rings is 1. The first-order valence-electron chi connectivity index (χ1n) is 4.97. The highest BCUT2D eigenvalue weighted by Crippen LogP contribution is 2.17. The van der Waals surface area contributed by atoms with Gasteiger partial charge in [-0.1, -0.05) is 6.07 Å². The monoisotopic (exact) mass is 229 g/mol. The summed E-state index contributed by atoms with van der Waals surface area (Å²) >= 11 is 0. The van der Waals surface area contributed by atoms with Crippen molar-refractivity contribution in [3.63, 3.8) is 0 Å². The van der Waals surface area contributed by atoms with Gasteiger partial charge in [0.15, 0.2) is 0 Å². The first-order valence-corrected chi connectivity index (χ1v) is 4.97. The summed E-state index contributed by atoms with van der Waals surface area (Å²) in [7, 11) is 0. The SMILES string of the molecule is Nc1ncccc1C(=O)Nc1cccc(O)c1. The molecular formula is C12H11N3O2. The average molecular weight is 229 g/mol. The largest absolute Gasteiger partial charge is 0.508 e. The lowest BCUT2D eigenvalue weighted by molar-refractivity contribution is 0.102. The minimum atomic E-state index is -0.360. The maximum atomic E-state index is 11.8.